The quantitative estimate of drug-likeness (QED) is 0.422. The van der Waals surface area contributed by atoms with Crippen LogP contribution < -0.4 is 10.6 Å². The van der Waals surface area contributed by atoms with Gasteiger partial charge in [0, 0.05) is 17.5 Å². The summed E-state index contributed by atoms with van der Waals surface area (Å²) in [4.78, 5) is 25.0. The number of nitrogens with zero attached hydrogens (tertiary/aromatic N) is 3. The third-order valence-corrected chi connectivity index (χ3v) is 6.25. The first kappa shape index (κ1) is 26.3. The number of hydrazone groups is 1. The number of benzene rings is 2. The molecule has 1 heterocycles. The molecule has 1 atom stereocenters. The van der Waals surface area contributed by atoms with Gasteiger partial charge in [-0.25, -0.2) is 9.80 Å². The molecule has 35 heavy (non-hydrogen) atoms. The van der Waals surface area contributed by atoms with Gasteiger partial charge in [-0.2, -0.15) is 10.4 Å². The number of anilines is 1. The van der Waals surface area contributed by atoms with Crippen LogP contribution in [0.5, 0.6) is 0 Å². The third-order valence-electron chi connectivity index (χ3n) is 5.40. The monoisotopic (exact) mass is 493 g/mol. The van der Waals surface area contributed by atoms with Crippen LogP contribution in [0.25, 0.3) is 0 Å². The summed E-state index contributed by atoms with van der Waals surface area (Å²) in [5.74, 6) is 0.470. The highest BCUT2D eigenvalue weighted by molar-refractivity contribution is 8.14. The lowest BCUT2D eigenvalue weighted by atomic mass is 10.0. The Hall–Kier alpha value is -3.35. The van der Waals surface area contributed by atoms with E-state index >= 15 is 0 Å². The number of nitrogens with one attached hydrogen (secondary N) is 2. The molecule has 8 nitrogen and oxygen atoms in total. The van der Waals surface area contributed by atoms with Crippen molar-refractivity contribution in [2.24, 2.45) is 5.10 Å². The molecule has 2 amide bonds. The first-order valence-corrected chi connectivity index (χ1v) is 12.7. The normalized spacial score (nSPS) is 14.3. The Bertz CT molecular complexity index is 1090. The van der Waals surface area contributed by atoms with Gasteiger partial charge in [-0.1, -0.05) is 56.8 Å². The summed E-state index contributed by atoms with van der Waals surface area (Å²) >= 11 is 1.20. The van der Waals surface area contributed by atoms with Gasteiger partial charge in [0.15, 0.2) is 0 Å². The van der Waals surface area contributed by atoms with Gasteiger partial charge >= 0.3 is 11.3 Å². The lowest BCUT2D eigenvalue weighted by Gasteiger charge is -2.30. The molecule has 2 N–H and O–H groups in total. The molecular formula is C26H31N5O3S. The molecule has 0 bridgehead atoms. The molecular weight excluding hydrogens is 462 g/mol. The van der Waals surface area contributed by atoms with Crippen LogP contribution >= 0.6 is 11.8 Å². The Morgan fingerprint density at radius 1 is 1.26 bits per heavy atom. The molecule has 0 aliphatic carbocycles. The molecule has 2 aromatic carbocycles. The van der Waals surface area contributed by atoms with E-state index in [1.54, 1.807) is 18.2 Å². The van der Waals surface area contributed by atoms with Crippen LogP contribution in [0, 0.1) is 11.3 Å². The summed E-state index contributed by atoms with van der Waals surface area (Å²) < 4.78 is 5.27. The van der Waals surface area contributed by atoms with Crippen LogP contribution in [0.15, 0.2) is 53.6 Å². The van der Waals surface area contributed by atoms with E-state index in [9.17, 15) is 9.59 Å². The number of carbonyl (C=O) groups is 2. The molecule has 1 aliphatic rings. The van der Waals surface area contributed by atoms with Gasteiger partial charge in [0.05, 0.1) is 30.0 Å². The average Bonchev–Trinajstić information content (AvgIpc) is 2.85. The Kier molecular flexibility index (Phi) is 9.70. The van der Waals surface area contributed by atoms with Crippen molar-refractivity contribution in [3.05, 3.63) is 65.2 Å². The van der Waals surface area contributed by atoms with Gasteiger partial charge in [-0.05, 0) is 54.8 Å². The van der Waals surface area contributed by atoms with Crippen molar-refractivity contribution >= 4 is 34.5 Å². The number of rotatable bonds is 10. The van der Waals surface area contributed by atoms with Gasteiger partial charge < -0.3 is 10.1 Å². The molecule has 3 rings (SSSR count). The highest BCUT2D eigenvalue weighted by Gasteiger charge is 2.29. The Morgan fingerprint density at radius 2 is 2.03 bits per heavy atom. The second kappa shape index (κ2) is 12.9. The van der Waals surface area contributed by atoms with E-state index in [0.717, 1.165) is 29.8 Å². The number of ether oxygens (including phenoxy) is 1. The van der Waals surface area contributed by atoms with Crippen LogP contribution in [-0.4, -0.2) is 47.0 Å². The third kappa shape index (κ3) is 7.57. The largest absolute Gasteiger partial charge is 0.449 e. The van der Waals surface area contributed by atoms with Gasteiger partial charge in [-0.15, -0.1) is 0 Å². The maximum absolute atomic E-state index is 12.8. The maximum atomic E-state index is 12.8. The number of thioether (sulfide) groups is 1. The molecule has 0 spiro atoms. The van der Waals surface area contributed by atoms with Crippen molar-refractivity contribution in [3.63, 3.8) is 0 Å². The molecule has 0 radical (unpaired) electrons. The smallest absolute Gasteiger partial charge is 0.411 e. The number of hydrogen-bond acceptors (Lipinski definition) is 7. The van der Waals surface area contributed by atoms with Crippen molar-refractivity contribution in [2.45, 2.75) is 45.7 Å². The minimum absolute atomic E-state index is 0.123. The van der Waals surface area contributed by atoms with Gasteiger partial charge in [0.2, 0.25) is 0 Å². The van der Waals surface area contributed by atoms with E-state index in [2.05, 4.69) is 35.7 Å². The van der Waals surface area contributed by atoms with Gasteiger partial charge in [0.1, 0.15) is 0 Å². The first-order valence-electron chi connectivity index (χ1n) is 11.7. The second-order valence-corrected chi connectivity index (χ2v) is 9.33. The summed E-state index contributed by atoms with van der Waals surface area (Å²) in [7, 11) is 0. The van der Waals surface area contributed by atoms with Crippen LogP contribution in [0.3, 0.4) is 0 Å². The average molecular weight is 494 g/mol. The molecule has 1 aliphatic heterocycles. The minimum atomic E-state index is -0.509. The predicted molar refractivity (Wildman–Crippen MR) is 140 cm³/mol. The lowest BCUT2D eigenvalue weighted by Crippen LogP contribution is -2.33. The fourth-order valence-electron chi connectivity index (χ4n) is 3.63. The van der Waals surface area contributed by atoms with Crippen LogP contribution in [0.1, 0.15) is 56.3 Å². The van der Waals surface area contributed by atoms with Crippen LogP contribution in [0.4, 0.5) is 15.3 Å². The van der Waals surface area contributed by atoms with E-state index < -0.39 is 6.09 Å². The van der Waals surface area contributed by atoms with E-state index in [4.69, 9.17) is 10.00 Å². The SMILES string of the molecule is CCC(c1cccc(NC(=O)OCCCNC(C)C)c1)N1N=C(c2ccc(C#N)cc2)CSC1=O. The summed E-state index contributed by atoms with van der Waals surface area (Å²) in [6.07, 6.45) is 0.871. The van der Waals surface area contributed by atoms with E-state index in [-0.39, 0.29) is 11.3 Å². The summed E-state index contributed by atoms with van der Waals surface area (Å²) in [6.45, 7) is 7.24. The van der Waals surface area contributed by atoms with Crippen molar-refractivity contribution in [1.29, 1.82) is 5.26 Å². The molecule has 2 aromatic rings. The summed E-state index contributed by atoms with van der Waals surface area (Å²) in [5, 5.41) is 21.1. The standard InChI is InChI=1S/C26H31N5O3S/c1-4-24(31-26(33)35-17-23(30-31)20-11-9-19(16-27)10-12-20)21-7-5-8-22(15-21)29-25(32)34-14-6-13-28-18(2)3/h5,7-12,15,18,24,28H,4,6,13-14,17H2,1-3H3,(H,29,32). The molecule has 0 saturated heterocycles. The Morgan fingerprint density at radius 3 is 2.71 bits per heavy atom. The highest BCUT2D eigenvalue weighted by Crippen LogP contribution is 2.32. The topological polar surface area (TPSA) is 107 Å². The minimum Gasteiger partial charge on any atom is -0.449 e. The zero-order chi connectivity index (χ0) is 25.2. The van der Waals surface area contributed by atoms with Gasteiger partial charge in [-0.3, -0.25) is 10.1 Å². The summed E-state index contributed by atoms with van der Waals surface area (Å²) in [5.41, 5.74) is 3.70. The molecule has 1 unspecified atom stereocenters. The number of nitriles is 1. The fourth-order valence-corrected chi connectivity index (χ4v) is 4.41. The van der Waals surface area contributed by atoms with Crippen molar-refractivity contribution in [1.82, 2.24) is 10.3 Å². The summed E-state index contributed by atoms with van der Waals surface area (Å²) in [6, 6.07) is 16.8. The fraction of sp³-hybridized carbons (Fsp3) is 0.385. The first-order chi connectivity index (χ1) is 16.9. The number of amides is 2. The number of carbonyl (C=O) groups excluding carboxylic acids is 2. The maximum Gasteiger partial charge on any atom is 0.411 e. The molecule has 0 saturated carbocycles. The zero-order valence-corrected chi connectivity index (χ0v) is 21.1. The number of hydrogen-bond donors (Lipinski definition) is 2. The molecule has 0 aromatic heterocycles. The van der Waals surface area contributed by atoms with Crippen molar-refractivity contribution in [3.8, 4) is 6.07 Å². The molecule has 9 heteroatoms. The second-order valence-electron chi connectivity index (χ2n) is 8.41. The highest BCUT2D eigenvalue weighted by atomic mass is 32.2. The van der Waals surface area contributed by atoms with Crippen molar-refractivity contribution < 1.29 is 14.3 Å². The van der Waals surface area contributed by atoms with Gasteiger partial charge in [0.25, 0.3) is 0 Å². The van der Waals surface area contributed by atoms with E-state index in [1.165, 1.54) is 16.8 Å². The molecule has 184 valence electrons. The Balaban J connectivity index is 1.69. The predicted octanol–water partition coefficient (Wildman–Crippen LogP) is 5.52. The zero-order valence-electron chi connectivity index (χ0n) is 20.3. The lowest BCUT2D eigenvalue weighted by molar-refractivity contribution is 0.159. The van der Waals surface area contributed by atoms with E-state index in [0.29, 0.717) is 36.1 Å². The molecule has 0 fully saturated rings. The Labute approximate surface area is 210 Å². The van der Waals surface area contributed by atoms with Crippen LogP contribution in [0.2, 0.25) is 0 Å². The van der Waals surface area contributed by atoms with Crippen molar-refractivity contribution in [2.75, 3.05) is 24.2 Å². The van der Waals surface area contributed by atoms with Crippen LogP contribution in [-0.2, 0) is 4.74 Å². The van der Waals surface area contributed by atoms with E-state index in [1.807, 2.05) is 37.3 Å².